The van der Waals surface area contributed by atoms with Gasteiger partial charge in [0.1, 0.15) is 17.2 Å². The van der Waals surface area contributed by atoms with E-state index in [9.17, 15) is 24.9 Å². The number of hydrogen-bond donors (Lipinski definition) is 4. The molecule has 1 unspecified atom stereocenters. The number of carbonyl (C=O) groups is 2. The van der Waals surface area contributed by atoms with E-state index in [0.29, 0.717) is 31.8 Å². The lowest BCUT2D eigenvalue weighted by Gasteiger charge is -2.39. The van der Waals surface area contributed by atoms with Gasteiger partial charge in [0.05, 0.1) is 25.4 Å². The van der Waals surface area contributed by atoms with E-state index >= 15 is 0 Å². The summed E-state index contributed by atoms with van der Waals surface area (Å²) >= 11 is 0. The molecule has 11 nitrogen and oxygen atoms in total. The average molecular weight is 537 g/mol. The van der Waals surface area contributed by atoms with Crippen LogP contribution in [-0.4, -0.2) is 95.8 Å². The van der Waals surface area contributed by atoms with Crippen molar-refractivity contribution in [2.75, 3.05) is 39.4 Å². The number of urea groups is 1. The van der Waals surface area contributed by atoms with Crippen LogP contribution in [0.25, 0.3) is 11.0 Å². The molecule has 12 heteroatoms. The summed E-state index contributed by atoms with van der Waals surface area (Å²) in [6.45, 7) is 7.30. The Hall–Kier alpha value is -3.37. The standard InChI is InChI=1S/C27H36BN5O6/c1-27(2,32-10-12-38-13-11-32)15-20(16-29)25(34)33-9-5-6-21(33)17-30-26(35)31-24(28(36)37)14-19-18-39-23-8-4-3-7-22(19)23/h3-4,7-8,15,18,21,24,36-37H,5-6,9-14,17H2,1-2H3,(H2,30,31,35)/t21-,24?/m1/s1. The number of nitrogens with one attached hydrogen (secondary N) is 2. The van der Waals surface area contributed by atoms with Gasteiger partial charge in [-0.25, -0.2) is 4.79 Å². The molecule has 2 saturated heterocycles. The van der Waals surface area contributed by atoms with E-state index in [0.717, 1.165) is 30.5 Å². The molecule has 39 heavy (non-hydrogen) atoms. The van der Waals surface area contributed by atoms with Crippen LogP contribution in [0, 0.1) is 11.3 Å². The van der Waals surface area contributed by atoms with Gasteiger partial charge in [0.2, 0.25) is 0 Å². The third kappa shape index (κ3) is 6.99. The normalized spacial score (nSPS) is 19.5. The summed E-state index contributed by atoms with van der Waals surface area (Å²) in [5.74, 6) is -1.32. The number of furan rings is 1. The smallest absolute Gasteiger partial charge is 0.464 e. The topological polar surface area (TPSA) is 151 Å². The predicted molar refractivity (Wildman–Crippen MR) is 145 cm³/mol. The fourth-order valence-electron chi connectivity index (χ4n) is 5.28. The molecule has 0 aliphatic carbocycles. The molecule has 1 aromatic carbocycles. The Kier molecular flexibility index (Phi) is 9.30. The van der Waals surface area contributed by atoms with Gasteiger partial charge in [0.25, 0.3) is 5.91 Å². The lowest BCUT2D eigenvalue weighted by molar-refractivity contribution is -0.127. The molecule has 0 saturated carbocycles. The van der Waals surface area contributed by atoms with Gasteiger partial charge in [-0.15, -0.1) is 0 Å². The van der Waals surface area contributed by atoms with Crippen LogP contribution in [0.3, 0.4) is 0 Å². The first-order valence-electron chi connectivity index (χ1n) is 13.3. The zero-order valence-corrected chi connectivity index (χ0v) is 22.4. The second-order valence-electron chi connectivity index (χ2n) is 10.6. The van der Waals surface area contributed by atoms with Crippen molar-refractivity contribution in [3.8, 4) is 6.07 Å². The van der Waals surface area contributed by atoms with Crippen molar-refractivity contribution >= 4 is 30.0 Å². The fourth-order valence-corrected chi connectivity index (χ4v) is 5.28. The van der Waals surface area contributed by atoms with Crippen LogP contribution in [-0.2, 0) is 16.0 Å². The first kappa shape index (κ1) is 28.6. The van der Waals surface area contributed by atoms with Gasteiger partial charge in [-0.05, 0) is 50.8 Å². The van der Waals surface area contributed by atoms with E-state index in [-0.39, 0.29) is 30.5 Å². The molecule has 208 valence electrons. The molecular formula is C27H36BN5O6. The van der Waals surface area contributed by atoms with E-state index < -0.39 is 24.6 Å². The van der Waals surface area contributed by atoms with Crippen LogP contribution in [0.1, 0.15) is 32.3 Å². The zero-order chi connectivity index (χ0) is 28.0. The zero-order valence-electron chi connectivity index (χ0n) is 22.4. The van der Waals surface area contributed by atoms with Gasteiger partial charge < -0.3 is 34.7 Å². The monoisotopic (exact) mass is 537 g/mol. The molecule has 0 spiro atoms. The van der Waals surface area contributed by atoms with Crippen LogP contribution in [0.4, 0.5) is 4.79 Å². The Morgan fingerprint density at radius 1 is 1.26 bits per heavy atom. The first-order valence-corrected chi connectivity index (χ1v) is 13.3. The number of benzene rings is 1. The summed E-state index contributed by atoms with van der Waals surface area (Å²) < 4.78 is 10.9. The summed E-state index contributed by atoms with van der Waals surface area (Å²) in [7, 11) is -1.79. The van der Waals surface area contributed by atoms with Crippen LogP contribution in [0.15, 0.2) is 46.6 Å². The lowest BCUT2D eigenvalue weighted by Crippen LogP contribution is -2.53. The molecule has 4 rings (SSSR count). The highest BCUT2D eigenvalue weighted by Gasteiger charge is 2.34. The summed E-state index contributed by atoms with van der Waals surface area (Å²) in [6.07, 6.45) is 4.87. The molecule has 2 fully saturated rings. The van der Waals surface area contributed by atoms with Crippen molar-refractivity contribution in [1.29, 1.82) is 5.26 Å². The summed E-state index contributed by atoms with van der Waals surface area (Å²) in [6, 6.07) is 8.61. The van der Waals surface area contributed by atoms with Gasteiger partial charge in [-0.3, -0.25) is 9.69 Å². The molecule has 4 N–H and O–H groups in total. The number of para-hydroxylation sites is 1. The van der Waals surface area contributed by atoms with Gasteiger partial charge in [-0.1, -0.05) is 18.2 Å². The maximum atomic E-state index is 13.3. The van der Waals surface area contributed by atoms with Crippen molar-refractivity contribution in [3.05, 3.63) is 47.7 Å². The lowest BCUT2D eigenvalue weighted by atomic mass is 9.76. The van der Waals surface area contributed by atoms with Crippen molar-refractivity contribution in [3.63, 3.8) is 0 Å². The quantitative estimate of drug-likeness (QED) is 0.212. The Morgan fingerprint density at radius 3 is 2.72 bits per heavy atom. The molecule has 2 atom stereocenters. The van der Waals surface area contributed by atoms with E-state index in [1.54, 1.807) is 17.2 Å². The SMILES string of the molecule is CC(C)(C=C(C#N)C(=O)N1CCC[C@@H]1CNC(=O)NC(Cc1coc2ccccc12)B(O)O)N1CCOCC1. The Morgan fingerprint density at radius 2 is 2.00 bits per heavy atom. The van der Waals surface area contributed by atoms with E-state index in [4.69, 9.17) is 9.15 Å². The number of rotatable bonds is 9. The van der Waals surface area contributed by atoms with E-state index in [1.165, 1.54) is 0 Å². The minimum absolute atomic E-state index is 0.0821. The van der Waals surface area contributed by atoms with Crippen molar-refractivity contribution in [2.24, 2.45) is 0 Å². The number of hydrogen-bond acceptors (Lipinski definition) is 8. The molecule has 2 aliphatic heterocycles. The van der Waals surface area contributed by atoms with Crippen molar-refractivity contribution < 1.29 is 28.8 Å². The van der Waals surface area contributed by atoms with Crippen LogP contribution < -0.4 is 10.6 Å². The Bertz CT molecular complexity index is 1230. The molecule has 2 aromatic rings. The number of likely N-dealkylation sites (tertiary alicyclic amines) is 1. The maximum Gasteiger partial charge on any atom is 0.475 e. The van der Waals surface area contributed by atoms with Crippen molar-refractivity contribution in [2.45, 2.75) is 50.6 Å². The predicted octanol–water partition coefficient (Wildman–Crippen LogP) is 1.21. The number of nitrogens with zero attached hydrogens (tertiary/aromatic N) is 3. The third-order valence-corrected chi connectivity index (χ3v) is 7.49. The first-order chi connectivity index (χ1) is 18.7. The second kappa shape index (κ2) is 12.7. The summed E-state index contributed by atoms with van der Waals surface area (Å²) in [5, 5.41) is 35.8. The maximum absolute atomic E-state index is 13.3. The number of morpholine rings is 1. The number of amides is 3. The number of ether oxygens (including phenoxy) is 1. The molecule has 0 radical (unpaired) electrons. The third-order valence-electron chi connectivity index (χ3n) is 7.49. The largest absolute Gasteiger partial charge is 0.475 e. The second-order valence-corrected chi connectivity index (χ2v) is 10.6. The van der Waals surface area contributed by atoms with Crippen molar-refractivity contribution in [1.82, 2.24) is 20.4 Å². The molecule has 0 bridgehead atoms. The van der Waals surface area contributed by atoms with Gasteiger partial charge in [0.15, 0.2) is 0 Å². The Labute approximate surface area is 228 Å². The number of nitriles is 1. The van der Waals surface area contributed by atoms with E-state index in [1.807, 2.05) is 38.1 Å². The highest BCUT2D eigenvalue weighted by molar-refractivity contribution is 6.43. The number of carbonyl (C=O) groups excluding carboxylic acids is 2. The highest BCUT2D eigenvalue weighted by atomic mass is 16.5. The van der Waals surface area contributed by atoms with Crippen LogP contribution >= 0.6 is 0 Å². The average Bonchev–Trinajstić information content (AvgIpc) is 3.57. The minimum Gasteiger partial charge on any atom is -0.464 e. The van der Waals surface area contributed by atoms with Crippen LogP contribution in [0.5, 0.6) is 0 Å². The van der Waals surface area contributed by atoms with Gasteiger partial charge >= 0.3 is 13.1 Å². The molecule has 3 heterocycles. The van der Waals surface area contributed by atoms with Crippen LogP contribution in [0.2, 0.25) is 0 Å². The fraction of sp³-hybridized carbons (Fsp3) is 0.519. The van der Waals surface area contributed by atoms with E-state index in [2.05, 4.69) is 21.6 Å². The highest BCUT2D eigenvalue weighted by Crippen LogP contribution is 2.24. The van der Waals surface area contributed by atoms with Gasteiger partial charge in [-0.2, -0.15) is 5.26 Å². The molecule has 2 aliphatic rings. The summed E-state index contributed by atoms with van der Waals surface area (Å²) in [5.41, 5.74) is 1.01. The Balaban J connectivity index is 1.35. The van der Waals surface area contributed by atoms with Gasteiger partial charge in [0, 0.05) is 43.1 Å². The summed E-state index contributed by atoms with van der Waals surface area (Å²) in [4.78, 5) is 29.8. The molecular weight excluding hydrogens is 501 g/mol. The number of fused-ring (bicyclic) bond motifs is 1. The molecule has 3 amide bonds. The minimum atomic E-state index is -1.79. The molecule has 1 aromatic heterocycles.